The van der Waals surface area contributed by atoms with E-state index in [9.17, 15) is 4.79 Å². The van der Waals surface area contributed by atoms with Gasteiger partial charge in [0.05, 0.1) is 11.1 Å². The van der Waals surface area contributed by atoms with Crippen molar-refractivity contribution in [3.8, 4) is 0 Å². The van der Waals surface area contributed by atoms with Gasteiger partial charge in [-0.1, -0.05) is 59.0 Å². The van der Waals surface area contributed by atoms with Crippen molar-refractivity contribution in [3.05, 3.63) is 36.7 Å². The predicted octanol–water partition coefficient (Wildman–Crippen LogP) is 4.41. The maximum absolute atomic E-state index is 12.6. The molecule has 0 fully saturated rings. The van der Waals surface area contributed by atoms with Crippen LogP contribution in [0.4, 0.5) is 0 Å². The minimum Gasteiger partial charge on any atom is -0.369 e. The number of carbonyl (C=O) groups is 1. The number of hydrogen-bond donors (Lipinski definition) is 1. The second-order valence-corrected chi connectivity index (χ2v) is 6.92. The van der Waals surface area contributed by atoms with E-state index in [0.29, 0.717) is 5.69 Å². The smallest absolute Gasteiger partial charge is 0.230 e. The Morgan fingerprint density at radius 3 is 2.54 bits per heavy atom. The lowest BCUT2D eigenvalue weighted by Gasteiger charge is -2.40. The van der Waals surface area contributed by atoms with Gasteiger partial charge >= 0.3 is 0 Å². The summed E-state index contributed by atoms with van der Waals surface area (Å²) in [5, 5.41) is 8.26. The van der Waals surface area contributed by atoms with E-state index in [-0.39, 0.29) is 17.7 Å². The SMILES string of the molecule is C=CCC(CCCCCCC)C(C(N)=O)(c1cccnn1)C(C)C. The number of amides is 1. The highest BCUT2D eigenvalue weighted by atomic mass is 16.1. The fraction of sp³-hybridized carbons (Fsp3) is 0.650. The van der Waals surface area contributed by atoms with E-state index in [4.69, 9.17) is 5.73 Å². The van der Waals surface area contributed by atoms with Gasteiger partial charge in [-0.15, -0.1) is 6.58 Å². The molecule has 0 aliphatic heterocycles. The lowest BCUT2D eigenvalue weighted by molar-refractivity contribution is -0.128. The summed E-state index contributed by atoms with van der Waals surface area (Å²) in [5.74, 6) is -0.156. The van der Waals surface area contributed by atoms with Crippen molar-refractivity contribution >= 4 is 5.91 Å². The molecule has 2 unspecified atom stereocenters. The van der Waals surface area contributed by atoms with Gasteiger partial charge in [-0.2, -0.15) is 10.2 Å². The van der Waals surface area contributed by atoms with Gasteiger partial charge in [0.25, 0.3) is 0 Å². The van der Waals surface area contributed by atoms with Gasteiger partial charge in [-0.3, -0.25) is 4.79 Å². The minimum atomic E-state index is -0.798. The monoisotopic (exact) mass is 331 g/mol. The molecule has 1 aromatic heterocycles. The third-order valence-corrected chi connectivity index (χ3v) is 5.07. The van der Waals surface area contributed by atoms with Crippen LogP contribution in [-0.2, 0) is 10.2 Å². The van der Waals surface area contributed by atoms with Gasteiger partial charge in [0.2, 0.25) is 5.91 Å². The van der Waals surface area contributed by atoms with Crippen LogP contribution in [0.2, 0.25) is 0 Å². The highest BCUT2D eigenvalue weighted by Gasteiger charge is 2.48. The number of rotatable bonds is 12. The first-order chi connectivity index (χ1) is 11.5. The molecule has 1 aromatic rings. The molecule has 0 saturated carbocycles. The van der Waals surface area contributed by atoms with Gasteiger partial charge in [-0.25, -0.2) is 0 Å². The molecule has 0 aliphatic rings. The Labute approximate surface area is 146 Å². The second kappa shape index (κ2) is 10.2. The van der Waals surface area contributed by atoms with Crippen LogP contribution >= 0.6 is 0 Å². The molecule has 24 heavy (non-hydrogen) atoms. The number of allylic oxidation sites excluding steroid dienone is 1. The first-order valence-corrected chi connectivity index (χ1v) is 9.20. The molecule has 2 atom stereocenters. The third kappa shape index (κ3) is 4.65. The van der Waals surface area contributed by atoms with Crippen LogP contribution in [0.25, 0.3) is 0 Å². The molecule has 0 spiro atoms. The number of hydrogen-bond acceptors (Lipinski definition) is 3. The highest BCUT2D eigenvalue weighted by molar-refractivity contribution is 5.87. The van der Waals surface area contributed by atoms with Crippen molar-refractivity contribution in [2.45, 2.75) is 71.1 Å². The molecular formula is C20H33N3O. The average Bonchev–Trinajstić information content (AvgIpc) is 2.55. The van der Waals surface area contributed by atoms with Crippen LogP contribution in [0.15, 0.2) is 31.0 Å². The van der Waals surface area contributed by atoms with Gasteiger partial charge in [0.15, 0.2) is 0 Å². The van der Waals surface area contributed by atoms with E-state index in [2.05, 4.69) is 23.7 Å². The van der Waals surface area contributed by atoms with Crippen LogP contribution in [0.1, 0.15) is 71.4 Å². The molecule has 0 radical (unpaired) electrons. The fourth-order valence-corrected chi connectivity index (χ4v) is 3.84. The quantitative estimate of drug-likeness (QED) is 0.455. The number of nitrogens with two attached hydrogens (primary N) is 1. The summed E-state index contributed by atoms with van der Waals surface area (Å²) in [4.78, 5) is 12.6. The standard InChI is InChI=1S/C20H33N3O/c1-5-7-8-9-10-13-17(12-6-2)20(16(3)4,19(21)24)18-14-11-15-22-23-18/h6,11,14-17H,2,5,7-10,12-13H2,1,3-4H3,(H2,21,24). The summed E-state index contributed by atoms with van der Waals surface area (Å²) >= 11 is 0. The molecule has 0 aliphatic carbocycles. The van der Waals surface area contributed by atoms with Crippen molar-refractivity contribution in [1.82, 2.24) is 10.2 Å². The summed E-state index contributed by atoms with van der Waals surface area (Å²) in [5.41, 5.74) is 5.84. The minimum absolute atomic E-state index is 0.0484. The Balaban J connectivity index is 3.12. The number of aromatic nitrogens is 2. The molecule has 1 amide bonds. The van der Waals surface area contributed by atoms with E-state index < -0.39 is 5.41 Å². The zero-order valence-electron chi connectivity index (χ0n) is 15.5. The molecule has 134 valence electrons. The van der Waals surface area contributed by atoms with Gasteiger partial charge in [-0.05, 0) is 36.8 Å². The van der Waals surface area contributed by atoms with E-state index >= 15 is 0 Å². The topological polar surface area (TPSA) is 68.9 Å². The summed E-state index contributed by atoms with van der Waals surface area (Å²) in [7, 11) is 0. The maximum atomic E-state index is 12.6. The lowest BCUT2D eigenvalue weighted by Crippen LogP contribution is -2.51. The van der Waals surface area contributed by atoms with Crippen molar-refractivity contribution < 1.29 is 4.79 Å². The Bertz CT molecular complexity index is 501. The molecule has 0 bridgehead atoms. The summed E-state index contributed by atoms with van der Waals surface area (Å²) in [6.45, 7) is 10.2. The Morgan fingerprint density at radius 1 is 1.33 bits per heavy atom. The number of nitrogens with zero attached hydrogens (tertiary/aromatic N) is 2. The third-order valence-electron chi connectivity index (χ3n) is 5.07. The Hall–Kier alpha value is -1.71. The van der Waals surface area contributed by atoms with E-state index in [1.165, 1.54) is 25.7 Å². The average molecular weight is 332 g/mol. The van der Waals surface area contributed by atoms with Gasteiger partial charge in [0.1, 0.15) is 0 Å². The predicted molar refractivity (Wildman–Crippen MR) is 99.4 cm³/mol. The van der Waals surface area contributed by atoms with Crippen LogP contribution in [0.3, 0.4) is 0 Å². The summed E-state index contributed by atoms with van der Waals surface area (Å²) in [6.07, 6.45) is 11.3. The van der Waals surface area contributed by atoms with Crippen LogP contribution in [0, 0.1) is 11.8 Å². The molecular weight excluding hydrogens is 298 g/mol. The molecule has 0 saturated heterocycles. The molecule has 1 heterocycles. The van der Waals surface area contributed by atoms with Crippen molar-refractivity contribution in [2.75, 3.05) is 0 Å². The molecule has 1 rings (SSSR count). The van der Waals surface area contributed by atoms with E-state index in [1.54, 1.807) is 6.20 Å². The number of primary amides is 1. The summed E-state index contributed by atoms with van der Waals surface area (Å²) in [6, 6.07) is 3.71. The zero-order chi connectivity index (χ0) is 18.0. The zero-order valence-corrected chi connectivity index (χ0v) is 15.5. The molecule has 4 nitrogen and oxygen atoms in total. The van der Waals surface area contributed by atoms with E-state index in [0.717, 1.165) is 19.3 Å². The molecule has 4 heteroatoms. The van der Waals surface area contributed by atoms with Crippen LogP contribution < -0.4 is 5.73 Å². The van der Waals surface area contributed by atoms with Crippen LogP contribution in [0.5, 0.6) is 0 Å². The molecule has 2 N–H and O–H groups in total. The molecule has 0 aromatic carbocycles. The number of unbranched alkanes of at least 4 members (excludes halogenated alkanes) is 4. The lowest BCUT2D eigenvalue weighted by atomic mass is 9.62. The van der Waals surface area contributed by atoms with Gasteiger partial charge in [0, 0.05) is 6.20 Å². The Morgan fingerprint density at radius 2 is 2.04 bits per heavy atom. The highest BCUT2D eigenvalue weighted by Crippen LogP contribution is 2.42. The Kier molecular flexibility index (Phi) is 8.66. The maximum Gasteiger partial charge on any atom is 0.230 e. The summed E-state index contributed by atoms with van der Waals surface area (Å²) < 4.78 is 0. The fourth-order valence-electron chi connectivity index (χ4n) is 3.84. The largest absolute Gasteiger partial charge is 0.369 e. The second-order valence-electron chi connectivity index (χ2n) is 6.92. The first-order valence-electron chi connectivity index (χ1n) is 9.20. The van der Waals surface area contributed by atoms with Crippen molar-refractivity contribution in [3.63, 3.8) is 0 Å². The van der Waals surface area contributed by atoms with E-state index in [1.807, 2.05) is 32.1 Å². The normalized spacial score (nSPS) is 15.0. The number of carbonyl (C=O) groups excluding carboxylic acids is 1. The van der Waals surface area contributed by atoms with Gasteiger partial charge < -0.3 is 5.73 Å². The van der Waals surface area contributed by atoms with Crippen molar-refractivity contribution in [1.29, 1.82) is 0 Å². The van der Waals surface area contributed by atoms with Crippen LogP contribution in [-0.4, -0.2) is 16.1 Å². The van der Waals surface area contributed by atoms with Crippen molar-refractivity contribution in [2.24, 2.45) is 17.6 Å². The first kappa shape index (κ1) is 20.3.